The second-order valence-electron chi connectivity index (χ2n) is 6.59. The van der Waals surface area contributed by atoms with Crippen LogP contribution in [0.15, 0.2) is 73.2 Å². The van der Waals surface area contributed by atoms with Gasteiger partial charge in [0.25, 0.3) is 0 Å². The standard InChI is InChI=1S/C23H23N3O/c1-27-21-7-8-23-22(13-21)20(16-26-23)9-11-25-14-17-4-2-5-18(12-17)19-6-3-10-24-15-19/h2-8,10,12-13,15-16,25-26H,9,11,14H2,1H3. The summed E-state index contributed by atoms with van der Waals surface area (Å²) in [5.41, 5.74) is 6.07. The van der Waals surface area contributed by atoms with E-state index < -0.39 is 0 Å². The van der Waals surface area contributed by atoms with Crippen LogP contribution >= 0.6 is 0 Å². The number of H-pyrrole nitrogens is 1. The quantitative estimate of drug-likeness (QED) is 0.476. The number of rotatable bonds is 7. The van der Waals surface area contributed by atoms with Crippen molar-refractivity contribution in [1.82, 2.24) is 15.3 Å². The maximum Gasteiger partial charge on any atom is 0.119 e. The number of nitrogens with one attached hydrogen (secondary N) is 2. The van der Waals surface area contributed by atoms with Crippen LogP contribution in [-0.2, 0) is 13.0 Å². The predicted molar refractivity (Wildman–Crippen MR) is 110 cm³/mol. The van der Waals surface area contributed by atoms with E-state index in [0.717, 1.165) is 36.3 Å². The van der Waals surface area contributed by atoms with Gasteiger partial charge in [-0.05, 0) is 65.6 Å². The molecular formula is C23H23N3O. The highest BCUT2D eigenvalue weighted by Crippen LogP contribution is 2.24. The molecule has 4 nitrogen and oxygen atoms in total. The molecule has 0 unspecified atom stereocenters. The monoisotopic (exact) mass is 357 g/mol. The highest BCUT2D eigenvalue weighted by molar-refractivity contribution is 5.84. The molecule has 0 bridgehead atoms. The molecule has 0 fully saturated rings. The van der Waals surface area contributed by atoms with Gasteiger partial charge in [0.2, 0.25) is 0 Å². The van der Waals surface area contributed by atoms with E-state index >= 15 is 0 Å². The van der Waals surface area contributed by atoms with E-state index in [1.54, 1.807) is 13.3 Å². The summed E-state index contributed by atoms with van der Waals surface area (Å²) in [6, 6.07) is 18.8. The lowest BCUT2D eigenvalue weighted by Crippen LogP contribution is -2.16. The average Bonchev–Trinajstić information content (AvgIpc) is 3.14. The lowest BCUT2D eigenvalue weighted by atomic mass is 10.0. The van der Waals surface area contributed by atoms with Crippen LogP contribution in [0.2, 0.25) is 0 Å². The average molecular weight is 357 g/mol. The maximum absolute atomic E-state index is 5.34. The largest absolute Gasteiger partial charge is 0.497 e. The fourth-order valence-corrected chi connectivity index (χ4v) is 3.34. The first-order valence-corrected chi connectivity index (χ1v) is 9.17. The van der Waals surface area contributed by atoms with E-state index in [1.165, 1.54) is 22.1 Å². The summed E-state index contributed by atoms with van der Waals surface area (Å²) in [6.45, 7) is 1.76. The van der Waals surface area contributed by atoms with Crippen molar-refractivity contribution in [2.24, 2.45) is 0 Å². The number of methoxy groups -OCH3 is 1. The van der Waals surface area contributed by atoms with E-state index in [1.807, 2.05) is 18.3 Å². The molecule has 2 heterocycles. The molecule has 0 aliphatic heterocycles. The lowest BCUT2D eigenvalue weighted by Gasteiger charge is -2.07. The van der Waals surface area contributed by atoms with E-state index in [-0.39, 0.29) is 0 Å². The Labute approximate surface area is 159 Å². The van der Waals surface area contributed by atoms with Gasteiger partial charge in [-0.15, -0.1) is 0 Å². The van der Waals surface area contributed by atoms with Gasteiger partial charge >= 0.3 is 0 Å². The van der Waals surface area contributed by atoms with Crippen molar-refractivity contribution in [2.75, 3.05) is 13.7 Å². The molecule has 4 rings (SSSR count). The fraction of sp³-hybridized carbons (Fsp3) is 0.174. The lowest BCUT2D eigenvalue weighted by molar-refractivity contribution is 0.415. The summed E-state index contributed by atoms with van der Waals surface area (Å²) in [4.78, 5) is 7.54. The van der Waals surface area contributed by atoms with E-state index in [2.05, 4.69) is 63.9 Å². The van der Waals surface area contributed by atoms with Crippen molar-refractivity contribution in [3.63, 3.8) is 0 Å². The normalized spacial score (nSPS) is 11.0. The van der Waals surface area contributed by atoms with E-state index in [4.69, 9.17) is 4.74 Å². The Balaban J connectivity index is 1.37. The van der Waals surface area contributed by atoms with Crippen LogP contribution in [0.25, 0.3) is 22.0 Å². The van der Waals surface area contributed by atoms with Crippen LogP contribution in [0, 0.1) is 0 Å². The molecule has 0 atom stereocenters. The minimum atomic E-state index is 0.847. The zero-order chi connectivity index (χ0) is 18.5. The van der Waals surface area contributed by atoms with E-state index in [0.29, 0.717) is 0 Å². The van der Waals surface area contributed by atoms with Gasteiger partial charge < -0.3 is 15.0 Å². The summed E-state index contributed by atoms with van der Waals surface area (Å²) in [7, 11) is 1.70. The molecule has 0 saturated heterocycles. The molecule has 2 aromatic heterocycles. The molecule has 0 spiro atoms. The molecule has 27 heavy (non-hydrogen) atoms. The number of benzene rings is 2. The zero-order valence-electron chi connectivity index (χ0n) is 15.4. The third kappa shape index (κ3) is 4.01. The molecule has 0 radical (unpaired) electrons. The Hall–Kier alpha value is -3.11. The number of pyridine rings is 1. The fourth-order valence-electron chi connectivity index (χ4n) is 3.34. The van der Waals surface area contributed by atoms with Crippen LogP contribution in [0.1, 0.15) is 11.1 Å². The first-order chi connectivity index (χ1) is 13.3. The first-order valence-electron chi connectivity index (χ1n) is 9.17. The van der Waals surface area contributed by atoms with Crippen molar-refractivity contribution in [1.29, 1.82) is 0 Å². The van der Waals surface area contributed by atoms with Gasteiger partial charge in [0.15, 0.2) is 0 Å². The molecule has 0 saturated carbocycles. The number of ether oxygens (including phenoxy) is 1. The number of hydrogen-bond donors (Lipinski definition) is 2. The highest BCUT2D eigenvalue weighted by atomic mass is 16.5. The van der Waals surface area contributed by atoms with Crippen LogP contribution in [-0.4, -0.2) is 23.6 Å². The number of aromatic nitrogens is 2. The van der Waals surface area contributed by atoms with Gasteiger partial charge in [-0.1, -0.05) is 24.3 Å². The Kier molecular flexibility index (Phi) is 5.17. The Morgan fingerprint density at radius 1 is 1.04 bits per heavy atom. The molecule has 0 aliphatic carbocycles. The van der Waals surface area contributed by atoms with Crippen LogP contribution in [0.3, 0.4) is 0 Å². The van der Waals surface area contributed by atoms with Crippen molar-refractivity contribution in [3.05, 3.63) is 84.3 Å². The molecule has 4 aromatic rings. The summed E-state index contributed by atoms with van der Waals surface area (Å²) < 4.78 is 5.34. The van der Waals surface area contributed by atoms with Crippen molar-refractivity contribution < 1.29 is 4.74 Å². The van der Waals surface area contributed by atoms with Gasteiger partial charge in [0.05, 0.1) is 7.11 Å². The van der Waals surface area contributed by atoms with E-state index in [9.17, 15) is 0 Å². The molecule has 2 N–H and O–H groups in total. The van der Waals surface area contributed by atoms with Gasteiger partial charge in [-0.25, -0.2) is 0 Å². The predicted octanol–water partition coefficient (Wildman–Crippen LogP) is 4.57. The minimum Gasteiger partial charge on any atom is -0.497 e. The van der Waals surface area contributed by atoms with Gasteiger partial charge in [0.1, 0.15) is 5.75 Å². The maximum atomic E-state index is 5.34. The summed E-state index contributed by atoms with van der Waals surface area (Å²) in [5, 5.41) is 4.78. The molecule has 2 aromatic carbocycles. The van der Waals surface area contributed by atoms with Crippen LogP contribution < -0.4 is 10.1 Å². The number of hydrogen-bond acceptors (Lipinski definition) is 3. The summed E-state index contributed by atoms with van der Waals surface area (Å²) in [6.07, 6.45) is 6.76. The number of nitrogens with zero attached hydrogens (tertiary/aromatic N) is 1. The smallest absolute Gasteiger partial charge is 0.119 e. The molecule has 4 heteroatoms. The van der Waals surface area contributed by atoms with Gasteiger partial charge in [0, 0.05) is 36.0 Å². The van der Waals surface area contributed by atoms with Gasteiger partial charge in [-0.3, -0.25) is 4.98 Å². The number of fused-ring (bicyclic) bond motifs is 1. The third-order valence-electron chi connectivity index (χ3n) is 4.80. The molecule has 0 amide bonds. The Bertz CT molecular complexity index is 1020. The third-order valence-corrected chi connectivity index (χ3v) is 4.80. The minimum absolute atomic E-state index is 0.847. The Morgan fingerprint density at radius 3 is 2.81 bits per heavy atom. The van der Waals surface area contributed by atoms with Crippen LogP contribution in [0.4, 0.5) is 0 Å². The second-order valence-corrected chi connectivity index (χ2v) is 6.59. The van der Waals surface area contributed by atoms with Crippen molar-refractivity contribution in [3.8, 4) is 16.9 Å². The Morgan fingerprint density at radius 2 is 1.96 bits per heavy atom. The van der Waals surface area contributed by atoms with Crippen molar-refractivity contribution >= 4 is 10.9 Å². The summed E-state index contributed by atoms with van der Waals surface area (Å²) >= 11 is 0. The van der Waals surface area contributed by atoms with Crippen LogP contribution in [0.5, 0.6) is 5.75 Å². The second kappa shape index (κ2) is 8.06. The molecule has 0 aliphatic rings. The topological polar surface area (TPSA) is 49.9 Å². The summed E-state index contributed by atoms with van der Waals surface area (Å²) in [5.74, 6) is 0.892. The molecule has 136 valence electrons. The first kappa shape index (κ1) is 17.3. The SMILES string of the molecule is COc1ccc2[nH]cc(CCNCc3cccc(-c4cccnc4)c3)c2c1. The zero-order valence-corrected chi connectivity index (χ0v) is 15.4. The van der Waals surface area contributed by atoms with Gasteiger partial charge in [-0.2, -0.15) is 0 Å². The number of aromatic amines is 1. The van der Waals surface area contributed by atoms with Crippen molar-refractivity contribution in [2.45, 2.75) is 13.0 Å². The highest BCUT2D eigenvalue weighted by Gasteiger charge is 2.05. The molecular weight excluding hydrogens is 334 g/mol.